The number of ether oxygens (including phenoxy) is 1. The van der Waals surface area contributed by atoms with Gasteiger partial charge in [-0.3, -0.25) is 9.69 Å². The third kappa shape index (κ3) is 5.16. The largest absolute Gasteiger partial charge is 0.495 e. The van der Waals surface area contributed by atoms with E-state index in [-0.39, 0.29) is 5.91 Å². The summed E-state index contributed by atoms with van der Waals surface area (Å²) >= 11 is 6.06. The van der Waals surface area contributed by atoms with Crippen LogP contribution in [0, 0.1) is 6.92 Å². The number of hydrogen-bond donors (Lipinski definition) is 2. The summed E-state index contributed by atoms with van der Waals surface area (Å²) in [6.45, 7) is 7.45. The van der Waals surface area contributed by atoms with Gasteiger partial charge in [-0.15, -0.1) is 0 Å². The number of likely N-dealkylation sites (N-methyl/N-ethyl adjacent to an activating group) is 1. The molecule has 124 valence electrons. The number of rotatable bonds is 6. The molecule has 1 rings (SSSR count). The molecule has 0 aromatic heterocycles. The quantitative estimate of drug-likeness (QED) is 0.843. The number of methoxy groups -OCH3 is 1. The lowest BCUT2D eigenvalue weighted by molar-refractivity contribution is -0.121. The van der Waals surface area contributed by atoms with Crippen LogP contribution in [0.1, 0.15) is 26.3 Å². The van der Waals surface area contributed by atoms with Gasteiger partial charge in [0.1, 0.15) is 5.75 Å². The van der Waals surface area contributed by atoms with Crippen molar-refractivity contribution in [3.05, 3.63) is 22.7 Å². The first-order chi connectivity index (χ1) is 10.0. The van der Waals surface area contributed by atoms with E-state index in [1.54, 1.807) is 44.9 Å². The van der Waals surface area contributed by atoms with Crippen molar-refractivity contribution < 1.29 is 14.6 Å². The van der Waals surface area contributed by atoms with Crippen molar-refractivity contribution >= 4 is 23.2 Å². The Morgan fingerprint density at radius 2 is 2.09 bits per heavy atom. The molecular weight excluding hydrogens is 304 g/mol. The molecule has 22 heavy (non-hydrogen) atoms. The number of hydrogen-bond acceptors (Lipinski definition) is 4. The van der Waals surface area contributed by atoms with Crippen molar-refractivity contribution in [1.82, 2.24) is 4.90 Å². The predicted octanol–water partition coefficient (Wildman–Crippen LogP) is 2.69. The number of nitrogens with zero attached hydrogens (tertiary/aromatic N) is 1. The summed E-state index contributed by atoms with van der Waals surface area (Å²) in [5.41, 5.74) is 0.575. The van der Waals surface area contributed by atoms with Gasteiger partial charge >= 0.3 is 0 Å². The molecule has 0 aliphatic carbocycles. The lowest BCUT2D eigenvalue weighted by atomic mass is 10.1. The number of carbonyl (C=O) groups excluding carboxylic acids is 1. The van der Waals surface area contributed by atoms with Gasteiger partial charge in [0.15, 0.2) is 0 Å². The Morgan fingerprint density at radius 1 is 1.50 bits per heavy atom. The van der Waals surface area contributed by atoms with Gasteiger partial charge in [0.25, 0.3) is 0 Å². The third-order valence-corrected chi connectivity index (χ3v) is 3.82. The van der Waals surface area contributed by atoms with E-state index in [4.69, 9.17) is 16.3 Å². The van der Waals surface area contributed by atoms with Gasteiger partial charge in [-0.2, -0.15) is 0 Å². The first-order valence-electron chi connectivity index (χ1n) is 7.13. The lowest BCUT2D eigenvalue weighted by Crippen LogP contribution is -2.46. The molecule has 0 fully saturated rings. The van der Waals surface area contributed by atoms with Gasteiger partial charge in [0, 0.05) is 17.6 Å². The molecule has 0 saturated heterocycles. The summed E-state index contributed by atoms with van der Waals surface area (Å²) in [5, 5.41) is 13.3. The number of aliphatic hydroxyl groups is 1. The van der Waals surface area contributed by atoms with Gasteiger partial charge in [-0.1, -0.05) is 11.6 Å². The summed E-state index contributed by atoms with van der Waals surface area (Å²) < 4.78 is 5.25. The number of aryl methyl sites for hydroxylation is 1. The van der Waals surface area contributed by atoms with Crippen LogP contribution in [-0.2, 0) is 4.79 Å². The number of amides is 1. The van der Waals surface area contributed by atoms with Crippen molar-refractivity contribution in [1.29, 1.82) is 0 Å². The molecule has 0 bridgehead atoms. The number of benzene rings is 1. The van der Waals surface area contributed by atoms with E-state index in [0.29, 0.717) is 23.0 Å². The smallest absolute Gasteiger partial charge is 0.241 e. The topological polar surface area (TPSA) is 61.8 Å². The highest BCUT2D eigenvalue weighted by molar-refractivity contribution is 6.31. The van der Waals surface area contributed by atoms with Crippen LogP contribution in [0.15, 0.2) is 12.1 Å². The molecule has 0 aliphatic heterocycles. The minimum Gasteiger partial charge on any atom is -0.495 e. The molecule has 6 heteroatoms. The summed E-state index contributed by atoms with van der Waals surface area (Å²) in [5.74, 6) is 0.341. The van der Waals surface area contributed by atoms with E-state index in [1.165, 1.54) is 7.11 Å². The molecular formula is C16H25ClN2O3. The zero-order valence-electron chi connectivity index (χ0n) is 14.0. The van der Waals surface area contributed by atoms with Crippen LogP contribution < -0.4 is 10.1 Å². The summed E-state index contributed by atoms with van der Waals surface area (Å²) in [4.78, 5) is 14.2. The fourth-order valence-corrected chi connectivity index (χ4v) is 2.27. The zero-order valence-corrected chi connectivity index (χ0v) is 14.8. The number of nitrogens with one attached hydrogen (secondary N) is 1. The molecule has 0 aliphatic rings. The molecule has 1 atom stereocenters. The Morgan fingerprint density at radius 3 is 2.59 bits per heavy atom. The van der Waals surface area contributed by atoms with E-state index in [9.17, 15) is 9.90 Å². The van der Waals surface area contributed by atoms with Gasteiger partial charge in [0.2, 0.25) is 5.91 Å². The van der Waals surface area contributed by atoms with Crippen LogP contribution in [0.5, 0.6) is 5.75 Å². The summed E-state index contributed by atoms with van der Waals surface area (Å²) in [7, 11) is 3.33. The van der Waals surface area contributed by atoms with Crippen molar-refractivity contribution in [3.8, 4) is 5.75 Å². The van der Waals surface area contributed by atoms with Crippen molar-refractivity contribution in [2.24, 2.45) is 0 Å². The highest BCUT2D eigenvalue weighted by atomic mass is 35.5. The molecule has 1 aromatic rings. The average molecular weight is 329 g/mol. The monoisotopic (exact) mass is 328 g/mol. The standard InChI is InChI=1S/C16H25ClN2O3/c1-10-7-13(14(22-6)8-12(10)17)18-15(20)11(2)19(5)9-16(3,4)21/h7-8,11,21H,9H2,1-6H3,(H,18,20). The van der Waals surface area contributed by atoms with E-state index in [1.807, 2.05) is 6.92 Å². The van der Waals surface area contributed by atoms with Crippen LogP contribution in [0.4, 0.5) is 5.69 Å². The van der Waals surface area contributed by atoms with Crippen LogP contribution in [0.2, 0.25) is 5.02 Å². The minimum atomic E-state index is -0.863. The zero-order chi connectivity index (χ0) is 17.1. The Hall–Kier alpha value is -1.30. The Kier molecular flexibility index (Phi) is 6.23. The molecule has 1 amide bonds. The lowest BCUT2D eigenvalue weighted by Gasteiger charge is -2.29. The first kappa shape index (κ1) is 18.7. The van der Waals surface area contributed by atoms with Crippen molar-refractivity contribution in [3.63, 3.8) is 0 Å². The third-order valence-electron chi connectivity index (χ3n) is 3.42. The van der Waals surface area contributed by atoms with Crippen molar-refractivity contribution in [2.45, 2.75) is 39.3 Å². The molecule has 1 unspecified atom stereocenters. The second kappa shape index (κ2) is 7.31. The molecule has 0 heterocycles. The van der Waals surface area contributed by atoms with Crippen LogP contribution in [0.25, 0.3) is 0 Å². The highest BCUT2D eigenvalue weighted by Gasteiger charge is 2.24. The predicted molar refractivity (Wildman–Crippen MR) is 89.8 cm³/mol. The SMILES string of the molecule is COc1cc(Cl)c(C)cc1NC(=O)C(C)N(C)CC(C)(C)O. The maximum Gasteiger partial charge on any atom is 0.241 e. The van der Waals surface area contributed by atoms with Crippen LogP contribution in [0.3, 0.4) is 0 Å². The maximum atomic E-state index is 12.4. The van der Waals surface area contributed by atoms with E-state index in [0.717, 1.165) is 5.56 Å². The van der Waals surface area contributed by atoms with Gasteiger partial charge < -0.3 is 15.2 Å². The van der Waals surface area contributed by atoms with E-state index in [2.05, 4.69) is 5.32 Å². The van der Waals surface area contributed by atoms with Crippen molar-refractivity contribution in [2.75, 3.05) is 26.0 Å². The van der Waals surface area contributed by atoms with E-state index >= 15 is 0 Å². The Balaban J connectivity index is 2.86. The Bertz CT molecular complexity index is 541. The minimum absolute atomic E-state index is 0.174. The fraction of sp³-hybridized carbons (Fsp3) is 0.562. The normalized spacial score (nSPS) is 13.1. The fourth-order valence-electron chi connectivity index (χ4n) is 2.11. The molecule has 0 saturated carbocycles. The Labute approximate surface area is 137 Å². The number of carbonyl (C=O) groups is 1. The average Bonchev–Trinajstić information content (AvgIpc) is 2.39. The number of anilines is 1. The molecule has 0 radical (unpaired) electrons. The van der Waals surface area contributed by atoms with Crippen LogP contribution >= 0.6 is 11.6 Å². The maximum absolute atomic E-state index is 12.4. The van der Waals surface area contributed by atoms with Gasteiger partial charge in [-0.05, 0) is 46.4 Å². The first-order valence-corrected chi connectivity index (χ1v) is 7.50. The molecule has 1 aromatic carbocycles. The second-order valence-electron chi connectivity index (χ2n) is 6.19. The van der Waals surface area contributed by atoms with Crippen LogP contribution in [-0.4, -0.2) is 48.3 Å². The molecule has 5 nitrogen and oxygen atoms in total. The molecule has 0 spiro atoms. The van der Waals surface area contributed by atoms with Gasteiger partial charge in [0.05, 0.1) is 24.4 Å². The summed E-state index contributed by atoms with van der Waals surface area (Å²) in [6, 6.07) is 3.06. The number of halogens is 1. The molecule has 2 N–H and O–H groups in total. The second-order valence-corrected chi connectivity index (χ2v) is 6.60. The highest BCUT2D eigenvalue weighted by Crippen LogP contribution is 2.31. The summed E-state index contributed by atoms with van der Waals surface area (Å²) in [6.07, 6.45) is 0. The van der Waals surface area contributed by atoms with Gasteiger partial charge in [-0.25, -0.2) is 0 Å². The van der Waals surface area contributed by atoms with E-state index < -0.39 is 11.6 Å².